The van der Waals surface area contributed by atoms with Crippen molar-refractivity contribution in [1.29, 1.82) is 0 Å². The van der Waals surface area contributed by atoms with Crippen LogP contribution in [0.5, 0.6) is 0 Å². The average Bonchev–Trinajstić information content (AvgIpc) is 2.43. The third-order valence-electron chi connectivity index (χ3n) is 3.27. The Morgan fingerprint density at radius 2 is 1.79 bits per heavy atom. The number of fused-ring (bicyclic) bond motifs is 1. The van der Waals surface area contributed by atoms with E-state index in [9.17, 15) is 9.59 Å². The molecule has 19 heavy (non-hydrogen) atoms. The molecule has 0 amide bonds. The summed E-state index contributed by atoms with van der Waals surface area (Å²) in [5.74, 6) is -0.828. The molecule has 0 fully saturated rings. The number of halogens is 1. The largest absolute Gasteiger partial charge is 0.466 e. The molecule has 0 radical (unpaired) electrons. The van der Waals surface area contributed by atoms with Crippen LogP contribution in [0.4, 0.5) is 0 Å². The first-order valence-electron chi connectivity index (χ1n) is 6.23. The van der Waals surface area contributed by atoms with Crippen LogP contribution >= 0.6 is 11.6 Å². The molecule has 0 N–H and O–H groups in total. The molecule has 0 unspecified atom stereocenters. The number of hydrogen-bond donors (Lipinski definition) is 0. The molecule has 0 aromatic heterocycles. The summed E-state index contributed by atoms with van der Waals surface area (Å²) in [6.07, 6.45) is 6.61. The molecule has 0 atom stereocenters. The van der Waals surface area contributed by atoms with Gasteiger partial charge in [0.2, 0.25) is 0 Å². The van der Waals surface area contributed by atoms with Gasteiger partial charge in [-0.15, -0.1) is 0 Å². The van der Waals surface area contributed by atoms with E-state index >= 15 is 0 Å². The number of esters is 1. The molecule has 0 spiro atoms. The van der Waals surface area contributed by atoms with Crippen LogP contribution in [0.1, 0.15) is 34.3 Å². The van der Waals surface area contributed by atoms with Crippen molar-refractivity contribution in [3.8, 4) is 0 Å². The van der Waals surface area contributed by atoms with Crippen LogP contribution in [-0.2, 0) is 22.4 Å². The molecule has 0 saturated heterocycles. The molecular weight excluding hydrogens is 264 g/mol. The number of benzene rings is 1. The van der Waals surface area contributed by atoms with Gasteiger partial charge in [0.15, 0.2) is 5.78 Å². The molecule has 0 heterocycles. The summed E-state index contributed by atoms with van der Waals surface area (Å²) in [5.41, 5.74) is 2.86. The van der Waals surface area contributed by atoms with Gasteiger partial charge in [-0.05, 0) is 55.0 Å². The Kier molecular flexibility index (Phi) is 4.38. The highest BCUT2D eigenvalue weighted by Crippen LogP contribution is 2.28. The summed E-state index contributed by atoms with van der Waals surface area (Å²) in [6.45, 7) is 0. The predicted octanol–water partition coefficient (Wildman–Crippen LogP) is 3.13. The first-order valence-corrected chi connectivity index (χ1v) is 6.61. The summed E-state index contributed by atoms with van der Waals surface area (Å²) < 4.78 is 4.45. The molecule has 4 heteroatoms. The number of carbonyl (C=O) groups excluding carboxylic acids is 2. The monoisotopic (exact) mass is 278 g/mol. The lowest BCUT2D eigenvalue weighted by Gasteiger charge is -2.17. The number of allylic oxidation sites excluding steroid dienone is 1. The van der Waals surface area contributed by atoms with Crippen molar-refractivity contribution in [2.24, 2.45) is 0 Å². The first kappa shape index (κ1) is 13.8. The minimum absolute atomic E-state index is 0.274. The fourth-order valence-electron chi connectivity index (χ4n) is 2.25. The van der Waals surface area contributed by atoms with Crippen molar-refractivity contribution in [3.63, 3.8) is 0 Å². The number of ketones is 1. The minimum Gasteiger partial charge on any atom is -0.466 e. The van der Waals surface area contributed by atoms with E-state index in [4.69, 9.17) is 11.6 Å². The van der Waals surface area contributed by atoms with Gasteiger partial charge in [0.1, 0.15) is 0 Å². The van der Waals surface area contributed by atoms with Crippen molar-refractivity contribution in [3.05, 3.63) is 46.0 Å². The molecule has 0 saturated carbocycles. The van der Waals surface area contributed by atoms with E-state index in [0.29, 0.717) is 10.6 Å². The Morgan fingerprint density at radius 3 is 2.42 bits per heavy atom. The molecule has 1 aromatic rings. The Hall–Kier alpha value is -1.61. The van der Waals surface area contributed by atoms with Gasteiger partial charge in [0.25, 0.3) is 0 Å². The van der Waals surface area contributed by atoms with Crippen LogP contribution in [0.3, 0.4) is 0 Å². The van der Waals surface area contributed by atoms with Crippen molar-refractivity contribution in [2.45, 2.75) is 25.7 Å². The molecule has 3 nitrogen and oxygen atoms in total. The normalized spacial score (nSPS) is 14.2. The minimum atomic E-state index is -0.553. The second-order valence-corrected chi connectivity index (χ2v) is 4.94. The lowest BCUT2D eigenvalue weighted by Crippen LogP contribution is -2.06. The van der Waals surface area contributed by atoms with Crippen molar-refractivity contribution in [1.82, 2.24) is 0 Å². The maximum absolute atomic E-state index is 12.0. The second-order valence-electron chi connectivity index (χ2n) is 4.53. The van der Waals surface area contributed by atoms with Gasteiger partial charge in [0.05, 0.1) is 12.1 Å². The molecular formula is C15H15ClO3. The smallest absolute Gasteiger partial charge is 0.330 e. The van der Waals surface area contributed by atoms with Crippen LogP contribution in [0, 0.1) is 0 Å². The Morgan fingerprint density at radius 1 is 1.16 bits per heavy atom. The van der Waals surface area contributed by atoms with E-state index in [2.05, 4.69) is 4.74 Å². The lowest BCUT2D eigenvalue weighted by atomic mass is 9.89. The van der Waals surface area contributed by atoms with Crippen LogP contribution in [0.15, 0.2) is 24.3 Å². The summed E-state index contributed by atoms with van der Waals surface area (Å²) in [6, 6.07) is 3.72. The molecule has 0 aliphatic heterocycles. The SMILES string of the molecule is COC(=O)/C=C/C(=O)c1cc2c(cc1Cl)CCCC2. The maximum Gasteiger partial charge on any atom is 0.330 e. The maximum atomic E-state index is 12.0. The summed E-state index contributed by atoms with van der Waals surface area (Å²) in [7, 11) is 1.27. The number of carbonyl (C=O) groups is 2. The molecule has 0 bridgehead atoms. The highest BCUT2D eigenvalue weighted by atomic mass is 35.5. The fraction of sp³-hybridized carbons (Fsp3) is 0.333. The van der Waals surface area contributed by atoms with Crippen molar-refractivity contribution >= 4 is 23.4 Å². The van der Waals surface area contributed by atoms with E-state index in [0.717, 1.165) is 25.3 Å². The quantitative estimate of drug-likeness (QED) is 0.485. The Balaban J connectivity index is 2.27. The summed E-state index contributed by atoms with van der Waals surface area (Å²) in [5, 5.41) is 0.445. The van der Waals surface area contributed by atoms with E-state index in [-0.39, 0.29) is 5.78 Å². The van der Waals surface area contributed by atoms with E-state index in [1.54, 1.807) is 0 Å². The number of rotatable bonds is 3. The van der Waals surface area contributed by atoms with Gasteiger partial charge in [0, 0.05) is 11.6 Å². The van der Waals surface area contributed by atoms with Crippen LogP contribution in [0.25, 0.3) is 0 Å². The predicted molar refractivity (Wildman–Crippen MR) is 73.6 cm³/mol. The lowest BCUT2D eigenvalue weighted by molar-refractivity contribution is -0.134. The van der Waals surface area contributed by atoms with Gasteiger partial charge < -0.3 is 4.74 Å². The van der Waals surface area contributed by atoms with Crippen LogP contribution < -0.4 is 0 Å². The van der Waals surface area contributed by atoms with Crippen molar-refractivity contribution < 1.29 is 14.3 Å². The number of methoxy groups -OCH3 is 1. The van der Waals surface area contributed by atoms with E-state index in [1.165, 1.54) is 30.7 Å². The standard InChI is InChI=1S/C15H15ClO3/c1-19-15(18)7-6-14(17)12-8-10-4-2-3-5-11(10)9-13(12)16/h6-9H,2-5H2,1H3/b7-6+. The Bertz CT molecular complexity index is 547. The topological polar surface area (TPSA) is 43.4 Å². The number of aryl methyl sites for hydroxylation is 2. The molecule has 1 aliphatic carbocycles. The van der Waals surface area contributed by atoms with Gasteiger partial charge in [-0.25, -0.2) is 4.79 Å². The highest BCUT2D eigenvalue weighted by Gasteiger charge is 2.15. The van der Waals surface area contributed by atoms with Crippen molar-refractivity contribution in [2.75, 3.05) is 7.11 Å². The average molecular weight is 279 g/mol. The fourth-order valence-corrected chi connectivity index (χ4v) is 2.53. The number of hydrogen-bond acceptors (Lipinski definition) is 3. The second kappa shape index (κ2) is 6.02. The van der Waals surface area contributed by atoms with Gasteiger partial charge in [-0.1, -0.05) is 11.6 Å². The third-order valence-corrected chi connectivity index (χ3v) is 3.58. The highest BCUT2D eigenvalue weighted by molar-refractivity contribution is 6.34. The van der Waals surface area contributed by atoms with Crippen LogP contribution in [0.2, 0.25) is 5.02 Å². The Labute approximate surface area is 117 Å². The summed E-state index contributed by atoms with van der Waals surface area (Å²) in [4.78, 5) is 23.0. The van der Waals surface area contributed by atoms with E-state index < -0.39 is 5.97 Å². The van der Waals surface area contributed by atoms with Gasteiger partial charge in [-0.3, -0.25) is 4.79 Å². The van der Waals surface area contributed by atoms with Gasteiger partial charge >= 0.3 is 5.97 Å². The third kappa shape index (κ3) is 3.24. The van der Waals surface area contributed by atoms with E-state index in [1.807, 2.05) is 12.1 Å². The van der Waals surface area contributed by atoms with Crippen LogP contribution in [-0.4, -0.2) is 18.9 Å². The van der Waals surface area contributed by atoms with Gasteiger partial charge in [-0.2, -0.15) is 0 Å². The summed E-state index contributed by atoms with van der Waals surface area (Å²) >= 11 is 6.13. The molecule has 1 aromatic carbocycles. The first-order chi connectivity index (χ1) is 9.11. The number of ether oxygens (including phenoxy) is 1. The zero-order valence-electron chi connectivity index (χ0n) is 10.7. The zero-order valence-corrected chi connectivity index (χ0v) is 11.5. The zero-order chi connectivity index (χ0) is 13.8. The molecule has 2 rings (SSSR count). The molecule has 100 valence electrons. The molecule has 1 aliphatic rings.